The molecule has 1 aromatic rings. The van der Waals surface area contributed by atoms with Crippen LogP contribution in [0.1, 0.15) is 6.42 Å². The number of ether oxygens (including phenoxy) is 2. The van der Waals surface area contributed by atoms with E-state index in [2.05, 4.69) is 4.98 Å². The van der Waals surface area contributed by atoms with Crippen molar-refractivity contribution in [3.63, 3.8) is 0 Å². The lowest BCUT2D eigenvalue weighted by atomic mass is 10.5. The molecule has 0 saturated carbocycles. The minimum Gasteiger partial charge on any atom is -0.385 e. The molecular formula is C10H16N2O3. The van der Waals surface area contributed by atoms with E-state index in [9.17, 15) is 4.79 Å². The molecule has 5 heteroatoms. The molecule has 0 fully saturated rings. The van der Waals surface area contributed by atoms with Gasteiger partial charge in [0.2, 0.25) is 0 Å². The van der Waals surface area contributed by atoms with Crippen molar-refractivity contribution in [2.24, 2.45) is 0 Å². The van der Waals surface area contributed by atoms with E-state index in [0.29, 0.717) is 26.4 Å². The first-order valence-electron chi connectivity index (χ1n) is 4.92. The van der Waals surface area contributed by atoms with Gasteiger partial charge in [-0.1, -0.05) is 0 Å². The molecule has 0 atom stereocenters. The van der Waals surface area contributed by atoms with Gasteiger partial charge >= 0.3 is 5.69 Å². The molecular weight excluding hydrogens is 196 g/mol. The lowest BCUT2D eigenvalue weighted by Gasteiger charge is -2.05. The fraction of sp³-hybridized carbons (Fsp3) is 0.600. The molecule has 0 saturated heterocycles. The maximum atomic E-state index is 11.2. The average Bonchev–Trinajstić information content (AvgIpc) is 2.25. The molecule has 0 N–H and O–H groups in total. The van der Waals surface area contributed by atoms with E-state index in [4.69, 9.17) is 9.47 Å². The van der Waals surface area contributed by atoms with Crippen LogP contribution in [0.4, 0.5) is 0 Å². The van der Waals surface area contributed by atoms with Gasteiger partial charge in [0.05, 0.1) is 13.2 Å². The molecule has 0 radical (unpaired) electrons. The van der Waals surface area contributed by atoms with Gasteiger partial charge in [-0.25, -0.2) is 9.78 Å². The Labute approximate surface area is 88.7 Å². The summed E-state index contributed by atoms with van der Waals surface area (Å²) in [5.41, 5.74) is -0.238. The third kappa shape index (κ3) is 4.71. The predicted octanol–water partition coefficient (Wildman–Crippen LogP) is 0.296. The number of hydrogen-bond acceptors (Lipinski definition) is 4. The first kappa shape index (κ1) is 11.9. The van der Waals surface area contributed by atoms with Crippen molar-refractivity contribution < 1.29 is 9.47 Å². The summed E-state index contributed by atoms with van der Waals surface area (Å²) in [5, 5.41) is 0. The zero-order valence-corrected chi connectivity index (χ0v) is 8.89. The van der Waals surface area contributed by atoms with Crippen LogP contribution >= 0.6 is 0 Å². The monoisotopic (exact) mass is 212 g/mol. The second-order valence-electron chi connectivity index (χ2n) is 3.05. The van der Waals surface area contributed by atoms with Gasteiger partial charge in [0.1, 0.15) is 0 Å². The Morgan fingerprint density at radius 2 is 2.27 bits per heavy atom. The van der Waals surface area contributed by atoms with Crippen molar-refractivity contribution in [3.8, 4) is 0 Å². The molecule has 84 valence electrons. The van der Waals surface area contributed by atoms with Gasteiger partial charge in [-0.2, -0.15) is 0 Å². The Morgan fingerprint density at radius 3 is 3.00 bits per heavy atom. The van der Waals surface area contributed by atoms with E-state index in [1.54, 1.807) is 19.4 Å². The minimum absolute atomic E-state index is 0.238. The molecule has 0 aromatic carbocycles. The lowest BCUT2D eigenvalue weighted by molar-refractivity contribution is 0.0970. The number of hydrogen-bond donors (Lipinski definition) is 0. The molecule has 5 nitrogen and oxygen atoms in total. The van der Waals surface area contributed by atoms with Crippen LogP contribution in [0, 0.1) is 0 Å². The normalized spacial score (nSPS) is 10.5. The molecule has 0 amide bonds. The van der Waals surface area contributed by atoms with Crippen LogP contribution in [-0.4, -0.2) is 36.5 Å². The zero-order chi connectivity index (χ0) is 10.9. The van der Waals surface area contributed by atoms with E-state index in [-0.39, 0.29) is 5.69 Å². The topological polar surface area (TPSA) is 53.4 Å². The quantitative estimate of drug-likeness (QED) is 0.610. The van der Waals surface area contributed by atoms with Crippen LogP contribution < -0.4 is 5.69 Å². The van der Waals surface area contributed by atoms with E-state index < -0.39 is 0 Å². The SMILES string of the molecule is COCCCOCCn1cccnc1=O. The summed E-state index contributed by atoms with van der Waals surface area (Å²) in [5.74, 6) is 0. The van der Waals surface area contributed by atoms with Crippen LogP contribution in [0.15, 0.2) is 23.3 Å². The first-order valence-corrected chi connectivity index (χ1v) is 4.92. The molecule has 0 aliphatic heterocycles. The van der Waals surface area contributed by atoms with E-state index in [1.165, 1.54) is 10.8 Å². The van der Waals surface area contributed by atoms with Crippen molar-refractivity contribution in [2.45, 2.75) is 13.0 Å². The van der Waals surface area contributed by atoms with Gasteiger partial charge in [0.15, 0.2) is 0 Å². The molecule has 1 heterocycles. The van der Waals surface area contributed by atoms with Crippen molar-refractivity contribution in [2.75, 3.05) is 26.9 Å². The van der Waals surface area contributed by atoms with Gasteiger partial charge in [-0.15, -0.1) is 0 Å². The Bertz CT molecular complexity index is 324. The van der Waals surface area contributed by atoms with Crippen molar-refractivity contribution in [1.29, 1.82) is 0 Å². The fourth-order valence-corrected chi connectivity index (χ4v) is 1.13. The Morgan fingerprint density at radius 1 is 1.40 bits per heavy atom. The lowest BCUT2D eigenvalue weighted by Crippen LogP contribution is -2.23. The zero-order valence-electron chi connectivity index (χ0n) is 8.89. The predicted molar refractivity (Wildman–Crippen MR) is 55.8 cm³/mol. The van der Waals surface area contributed by atoms with Crippen molar-refractivity contribution in [1.82, 2.24) is 9.55 Å². The van der Waals surface area contributed by atoms with Crippen LogP contribution in [0.2, 0.25) is 0 Å². The average molecular weight is 212 g/mol. The highest BCUT2D eigenvalue weighted by Gasteiger charge is 1.94. The Hall–Kier alpha value is -1.20. The summed E-state index contributed by atoms with van der Waals surface area (Å²) in [4.78, 5) is 14.8. The summed E-state index contributed by atoms with van der Waals surface area (Å²) in [6, 6.07) is 1.73. The van der Waals surface area contributed by atoms with Crippen LogP contribution in [0.25, 0.3) is 0 Å². The van der Waals surface area contributed by atoms with Gasteiger partial charge in [-0.05, 0) is 12.5 Å². The van der Waals surface area contributed by atoms with Crippen molar-refractivity contribution in [3.05, 3.63) is 28.9 Å². The highest BCUT2D eigenvalue weighted by molar-refractivity contribution is 4.80. The Kier molecular flexibility index (Phi) is 5.65. The first-order chi connectivity index (χ1) is 7.34. The summed E-state index contributed by atoms with van der Waals surface area (Å²) >= 11 is 0. The number of rotatable bonds is 7. The molecule has 0 unspecified atom stereocenters. The summed E-state index contributed by atoms with van der Waals surface area (Å²) in [6.45, 7) is 2.42. The van der Waals surface area contributed by atoms with Crippen LogP contribution in [-0.2, 0) is 16.0 Å². The maximum absolute atomic E-state index is 11.2. The molecule has 0 aliphatic carbocycles. The molecule has 15 heavy (non-hydrogen) atoms. The number of nitrogens with zero attached hydrogens (tertiary/aromatic N) is 2. The summed E-state index contributed by atoms with van der Waals surface area (Å²) in [7, 11) is 1.66. The van der Waals surface area contributed by atoms with E-state index in [1.807, 2.05) is 0 Å². The van der Waals surface area contributed by atoms with Crippen LogP contribution in [0.5, 0.6) is 0 Å². The third-order valence-corrected chi connectivity index (χ3v) is 1.90. The van der Waals surface area contributed by atoms with Gasteiger partial charge in [0.25, 0.3) is 0 Å². The highest BCUT2D eigenvalue weighted by Crippen LogP contribution is 1.86. The molecule has 1 rings (SSSR count). The van der Waals surface area contributed by atoms with E-state index >= 15 is 0 Å². The second-order valence-corrected chi connectivity index (χ2v) is 3.05. The summed E-state index contributed by atoms with van der Waals surface area (Å²) in [6.07, 6.45) is 4.06. The Balaban J connectivity index is 2.15. The third-order valence-electron chi connectivity index (χ3n) is 1.90. The minimum atomic E-state index is -0.238. The molecule has 0 spiro atoms. The second kappa shape index (κ2) is 7.14. The summed E-state index contributed by atoms with van der Waals surface area (Å²) < 4.78 is 11.7. The van der Waals surface area contributed by atoms with Crippen molar-refractivity contribution >= 4 is 0 Å². The maximum Gasteiger partial charge on any atom is 0.347 e. The van der Waals surface area contributed by atoms with Crippen LogP contribution in [0.3, 0.4) is 0 Å². The smallest absolute Gasteiger partial charge is 0.347 e. The van der Waals surface area contributed by atoms with E-state index in [0.717, 1.165) is 6.42 Å². The molecule has 1 aromatic heterocycles. The highest BCUT2D eigenvalue weighted by atomic mass is 16.5. The largest absolute Gasteiger partial charge is 0.385 e. The fourth-order valence-electron chi connectivity index (χ4n) is 1.13. The standard InChI is InChI=1S/C10H16N2O3/c1-14-7-3-8-15-9-6-12-5-2-4-11-10(12)13/h2,4-5H,3,6-9H2,1H3. The van der Waals surface area contributed by atoms with Gasteiger partial charge in [-0.3, -0.25) is 4.57 Å². The van der Waals surface area contributed by atoms with Gasteiger partial charge < -0.3 is 9.47 Å². The molecule has 0 aliphatic rings. The van der Waals surface area contributed by atoms with Gasteiger partial charge in [0, 0.05) is 32.7 Å². The number of aromatic nitrogens is 2. The molecule has 0 bridgehead atoms. The number of methoxy groups -OCH3 is 1.